The monoisotopic (exact) mass is 265 g/mol. The standard InChI is InChI=1S/C12H15N3O4/c1-2-19-11(16)9(7-13)8-14-10-3-5-15(6-4-10)12(17)18/h3,8,14H,2,4-6H2,1H3,(H,17,18)/b9-8+. The van der Waals surface area contributed by atoms with Crippen LogP contribution in [0.15, 0.2) is 23.5 Å². The zero-order chi connectivity index (χ0) is 14.3. The summed E-state index contributed by atoms with van der Waals surface area (Å²) in [5, 5.41) is 20.4. The molecule has 0 bridgehead atoms. The van der Waals surface area contributed by atoms with Crippen LogP contribution in [-0.2, 0) is 9.53 Å². The molecule has 0 aliphatic carbocycles. The van der Waals surface area contributed by atoms with Crippen molar-refractivity contribution >= 4 is 12.1 Å². The number of carbonyl (C=O) groups is 2. The van der Waals surface area contributed by atoms with E-state index in [0.29, 0.717) is 13.0 Å². The van der Waals surface area contributed by atoms with E-state index in [2.05, 4.69) is 5.32 Å². The normalized spacial score (nSPS) is 15.3. The highest BCUT2D eigenvalue weighted by Crippen LogP contribution is 2.08. The number of carbonyl (C=O) groups excluding carboxylic acids is 1. The van der Waals surface area contributed by atoms with Gasteiger partial charge < -0.3 is 20.1 Å². The van der Waals surface area contributed by atoms with Crippen LogP contribution in [0.3, 0.4) is 0 Å². The predicted molar refractivity (Wildman–Crippen MR) is 65.8 cm³/mol. The van der Waals surface area contributed by atoms with Crippen molar-refractivity contribution in [1.29, 1.82) is 5.26 Å². The Labute approximate surface area is 110 Å². The van der Waals surface area contributed by atoms with Crippen molar-refractivity contribution in [3.05, 3.63) is 23.5 Å². The van der Waals surface area contributed by atoms with Crippen molar-refractivity contribution in [2.24, 2.45) is 0 Å². The van der Waals surface area contributed by atoms with Crippen LogP contribution in [0.4, 0.5) is 4.79 Å². The van der Waals surface area contributed by atoms with Gasteiger partial charge in [0.05, 0.1) is 6.61 Å². The Hall–Kier alpha value is -2.49. The molecular formula is C12H15N3O4. The average Bonchev–Trinajstić information content (AvgIpc) is 2.40. The maximum Gasteiger partial charge on any atom is 0.407 e. The number of nitrogens with one attached hydrogen (secondary N) is 1. The van der Waals surface area contributed by atoms with Gasteiger partial charge in [-0.05, 0) is 13.0 Å². The number of nitriles is 1. The van der Waals surface area contributed by atoms with Crippen molar-refractivity contribution in [3.63, 3.8) is 0 Å². The molecule has 0 saturated carbocycles. The fourth-order valence-electron chi connectivity index (χ4n) is 1.48. The van der Waals surface area contributed by atoms with Crippen LogP contribution >= 0.6 is 0 Å². The molecule has 0 unspecified atom stereocenters. The molecule has 0 aromatic carbocycles. The summed E-state index contributed by atoms with van der Waals surface area (Å²) in [5.41, 5.74) is 0.651. The third-order valence-electron chi connectivity index (χ3n) is 2.50. The first kappa shape index (κ1) is 14.6. The zero-order valence-electron chi connectivity index (χ0n) is 10.5. The number of rotatable bonds is 4. The highest BCUT2D eigenvalue weighted by Gasteiger charge is 2.16. The van der Waals surface area contributed by atoms with Crippen LogP contribution in [0.5, 0.6) is 0 Å². The van der Waals surface area contributed by atoms with Gasteiger partial charge >= 0.3 is 12.1 Å². The van der Waals surface area contributed by atoms with Gasteiger partial charge in [-0.3, -0.25) is 0 Å². The topological polar surface area (TPSA) is 103 Å². The molecule has 0 radical (unpaired) electrons. The largest absolute Gasteiger partial charge is 0.465 e. The lowest BCUT2D eigenvalue weighted by Crippen LogP contribution is -2.35. The lowest BCUT2D eigenvalue weighted by Gasteiger charge is -2.23. The van der Waals surface area contributed by atoms with Crippen LogP contribution in [0.25, 0.3) is 0 Å². The van der Waals surface area contributed by atoms with Crippen molar-refractivity contribution in [3.8, 4) is 6.07 Å². The van der Waals surface area contributed by atoms with E-state index < -0.39 is 12.1 Å². The molecule has 0 saturated heterocycles. The Kier molecular flexibility index (Phi) is 5.41. The molecule has 0 aromatic heterocycles. The third kappa shape index (κ3) is 4.35. The van der Waals surface area contributed by atoms with Gasteiger partial charge in [-0.2, -0.15) is 5.26 Å². The van der Waals surface area contributed by atoms with Crippen LogP contribution in [0.2, 0.25) is 0 Å². The smallest absolute Gasteiger partial charge is 0.407 e. The van der Waals surface area contributed by atoms with E-state index >= 15 is 0 Å². The molecule has 1 aliphatic rings. The van der Waals surface area contributed by atoms with E-state index in [0.717, 1.165) is 5.70 Å². The van der Waals surface area contributed by atoms with Crippen LogP contribution in [-0.4, -0.2) is 41.8 Å². The molecule has 19 heavy (non-hydrogen) atoms. The number of ether oxygens (including phenoxy) is 1. The second-order valence-electron chi connectivity index (χ2n) is 3.74. The van der Waals surface area contributed by atoms with E-state index in [-0.39, 0.29) is 18.7 Å². The van der Waals surface area contributed by atoms with Crippen LogP contribution in [0, 0.1) is 11.3 Å². The Morgan fingerprint density at radius 1 is 1.68 bits per heavy atom. The molecular weight excluding hydrogens is 250 g/mol. The first-order valence-electron chi connectivity index (χ1n) is 5.79. The fourth-order valence-corrected chi connectivity index (χ4v) is 1.48. The van der Waals surface area contributed by atoms with Crippen molar-refractivity contribution in [2.75, 3.05) is 19.7 Å². The van der Waals surface area contributed by atoms with Crippen molar-refractivity contribution < 1.29 is 19.4 Å². The quantitative estimate of drug-likeness (QED) is 0.443. The van der Waals surface area contributed by atoms with Gasteiger partial charge in [0.25, 0.3) is 0 Å². The number of hydrogen-bond donors (Lipinski definition) is 2. The number of esters is 1. The molecule has 7 nitrogen and oxygen atoms in total. The summed E-state index contributed by atoms with van der Waals surface area (Å²) in [7, 11) is 0. The summed E-state index contributed by atoms with van der Waals surface area (Å²) in [6, 6.07) is 1.75. The summed E-state index contributed by atoms with van der Waals surface area (Å²) in [6.45, 7) is 2.52. The van der Waals surface area contributed by atoms with E-state index in [1.54, 1.807) is 19.1 Å². The summed E-state index contributed by atoms with van der Waals surface area (Å²) < 4.78 is 4.71. The van der Waals surface area contributed by atoms with Crippen LogP contribution in [0.1, 0.15) is 13.3 Å². The second-order valence-corrected chi connectivity index (χ2v) is 3.74. The SMILES string of the molecule is CCOC(=O)/C(C#N)=C/NC1=CCN(C(=O)O)CC1. The molecule has 1 amide bonds. The summed E-state index contributed by atoms with van der Waals surface area (Å²) in [5.74, 6) is -0.680. The first-order valence-corrected chi connectivity index (χ1v) is 5.79. The fraction of sp³-hybridized carbons (Fsp3) is 0.417. The van der Waals surface area contributed by atoms with Gasteiger partial charge in [0.15, 0.2) is 5.57 Å². The van der Waals surface area contributed by atoms with Gasteiger partial charge in [-0.1, -0.05) is 0 Å². The van der Waals surface area contributed by atoms with Gasteiger partial charge in [-0.15, -0.1) is 0 Å². The minimum atomic E-state index is -0.963. The minimum Gasteiger partial charge on any atom is -0.465 e. The van der Waals surface area contributed by atoms with Gasteiger partial charge in [0.2, 0.25) is 0 Å². The third-order valence-corrected chi connectivity index (χ3v) is 2.50. The molecule has 1 rings (SSSR count). The Morgan fingerprint density at radius 3 is 2.89 bits per heavy atom. The van der Waals surface area contributed by atoms with Gasteiger partial charge in [0.1, 0.15) is 6.07 Å². The molecule has 1 aliphatic heterocycles. The minimum absolute atomic E-state index is 0.122. The number of amides is 1. The Bertz CT molecular complexity index is 462. The van der Waals surface area contributed by atoms with E-state index in [1.807, 2.05) is 0 Å². The number of nitrogens with zero attached hydrogens (tertiary/aromatic N) is 2. The average molecular weight is 265 g/mol. The highest BCUT2D eigenvalue weighted by atomic mass is 16.5. The molecule has 0 spiro atoms. The molecule has 1 heterocycles. The van der Waals surface area contributed by atoms with E-state index in [1.165, 1.54) is 11.1 Å². The Morgan fingerprint density at radius 2 is 2.42 bits per heavy atom. The highest BCUT2D eigenvalue weighted by molar-refractivity contribution is 5.92. The lowest BCUT2D eigenvalue weighted by molar-refractivity contribution is -0.138. The lowest BCUT2D eigenvalue weighted by atomic mass is 10.2. The Balaban J connectivity index is 2.59. The zero-order valence-corrected chi connectivity index (χ0v) is 10.5. The molecule has 0 fully saturated rings. The van der Waals surface area contributed by atoms with Crippen molar-refractivity contribution in [1.82, 2.24) is 10.2 Å². The number of hydrogen-bond acceptors (Lipinski definition) is 5. The molecule has 2 N–H and O–H groups in total. The van der Waals surface area contributed by atoms with E-state index in [4.69, 9.17) is 15.1 Å². The molecule has 0 atom stereocenters. The molecule has 102 valence electrons. The summed E-state index contributed by atoms with van der Waals surface area (Å²) >= 11 is 0. The first-order chi connectivity index (χ1) is 9.08. The summed E-state index contributed by atoms with van der Waals surface area (Å²) in [6.07, 6.45) is 2.52. The predicted octanol–water partition coefficient (Wildman–Crippen LogP) is 0.814. The molecule has 0 aromatic rings. The van der Waals surface area contributed by atoms with E-state index in [9.17, 15) is 9.59 Å². The maximum absolute atomic E-state index is 11.3. The second kappa shape index (κ2) is 7.06. The van der Waals surface area contributed by atoms with Crippen LogP contribution < -0.4 is 5.32 Å². The number of carboxylic acid groups (broad SMARTS) is 1. The maximum atomic E-state index is 11.3. The van der Waals surface area contributed by atoms with Gasteiger partial charge in [-0.25, -0.2) is 9.59 Å². The van der Waals surface area contributed by atoms with Gasteiger partial charge in [0, 0.05) is 31.4 Å². The summed E-state index contributed by atoms with van der Waals surface area (Å²) in [4.78, 5) is 23.3. The molecule has 7 heteroatoms. The van der Waals surface area contributed by atoms with Crippen molar-refractivity contribution in [2.45, 2.75) is 13.3 Å².